The highest BCUT2D eigenvalue weighted by Gasteiger charge is 2.25. The first kappa shape index (κ1) is 25.1. The number of ether oxygens (including phenoxy) is 1. The number of hydrogen-bond acceptors (Lipinski definition) is 6. The van der Waals surface area contributed by atoms with Crippen LogP contribution in [-0.4, -0.2) is 33.4 Å². The zero-order valence-electron chi connectivity index (χ0n) is 20.8. The molecule has 4 aromatic rings. The van der Waals surface area contributed by atoms with Crippen molar-refractivity contribution in [1.82, 2.24) is 9.55 Å². The maximum Gasteiger partial charge on any atom is 0.303 e. The van der Waals surface area contributed by atoms with Gasteiger partial charge in [0.15, 0.2) is 6.10 Å². The Kier molecular flexibility index (Phi) is 7.17. The molecule has 0 spiro atoms. The number of aryl methyl sites for hydroxylation is 1. The Hall–Kier alpha value is -4.53. The van der Waals surface area contributed by atoms with E-state index < -0.39 is 11.8 Å². The van der Waals surface area contributed by atoms with Crippen LogP contribution in [0.2, 0.25) is 0 Å². The number of carbonyl (C=O) groups is 1. The molecule has 0 fully saturated rings. The van der Waals surface area contributed by atoms with Gasteiger partial charge in [0.25, 0.3) is 5.56 Å². The van der Waals surface area contributed by atoms with Crippen molar-refractivity contribution in [3.05, 3.63) is 99.9 Å². The van der Waals surface area contributed by atoms with E-state index in [2.05, 4.69) is 5.16 Å². The summed E-state index contributed by atoms with van der Waals surface area (Å²) in [7, 11) is 1.61. The van der Waals surface area contributed by atoms with Crippen LogP contribution in [0.1, 0.15) is 48.7 Å². The Morgan fingerprint density at radius 3 is 2.71 bits per heavy atom. The molecule has 8 nitrogen and oxygen atoms in total. The Labute approximate surface area is 218 Å². The molecule has 0 radical (unpaired) electrons. The van der Waals surface area contributed by atoms with E-state index in [0.717, 1.165) is 22.6 Å². The maximum atomic E-state index is 13.6. The molecule has 1 aliphatic rings. The van der Waals surface area contributed by atoms with Crippen LogP contribution in [0.25, 0.3) is 16.6 Å². The number of aliphatic carboxylic acids is 1. The zero-order chi connectivity index (χ0) is 26.6. The fourth-order valence-corrected chi connectivity index (χ4v) is 4.56. The number of benzene rings is 3. The molecule has 1 aromatic heterocycles. The molecule has 1 unspecified atom stereocenters. The van der Waals surface area contributed by atoms with Crippen LogP contribution in [-0.2, 0) is 16.1 Å². The van der Waals surface area contributed by atoms with E-state index in [9.17, 15) is 14.0 Å². The minimum Gasteiger partial charge on any atom is -0.497 e. The second-order valence-electron chi connectivity index (χ2n) is 9.09. The summed E-state index contributed by atoms with van der Waals surface area (Å²) in [5.41, 5.74) is 3.22. The number of rotatable bonds is 9. The van der Waals surface area contributed by atoms with Crippen LogP contribution in [0.3, 0.4) is 0 Å². The summed E-state index contributed by atoms with van der Waals surface area (Å²) in [5, 5.41) is 13.7. The number of nitrogens with zero attached hydrogens (tertiary/aromatic N) is 3. The molecule has 5 rings (SSSR count). The monoisotopic (exact) mass is 515 g/mol. The minimum absolute atomic E-state index is 0.0345. The average Bonchev–Trinajstić information content (AvgIpc) is 3.42. The third-order valence-electron chi connectivity index (χ3n) is 6.53. The van der Waals surface area contributed by atoms with Gasteiger partial charge in [-0.15, -0.1) is 0 Å². The highest BCUT2D eigenvalue weighted by molar-refractivity contribution is 6.03. The average molecular weight is 516 g/mol. The van der Waals surface area contributed by atoms with Crippen LogP contribution in [0.15, 0.2) is 76.7 Å². The van der Waals surface area contributed by atoms with E-state index in [1.807, 2.05) is 36.4 Å². The molecule has 3 aromatic carbocycles. The fourth-order valence-electron chi connectivity index (χ4n) is 4.56. The number of hydrogen-bond donors (Lipinski definition) is 1. The first-order valence-electron chi connectivity index (χ1n) is 12.3. The lowest BCUT2D eigenvalue weighted by Gasteiger charge is -2.14. The number of halogens is 1. The highest BCUT2D eigenvalue weighted by Crippen LogP contribution is 2.31. The van der Waals surface area contributed by atoms with Gasteiger partial charge in [-0.05, 0) is 66.9 Å². The van der Waals surface area contributed by atoms with Gasteiger partial charge < -0.3 is 14.7 Å². The molecule has 1 atom stereocenters. The molecular formula is C29H26FN3O5. The normalized spacial score (nSPS) is 14.8. The van der Waals surface area contributed by atoms with Gasteiger partial charge in [-0.1, -0.05) is 23.4 Å². The molecule has 0 amide bonds. The fraction of sp³-hybridized carbons (Fsp3) is 0.241. The van der Waals surface area contributed by atoms with Crippen molar-refractivity contribution < 1.29 is 23.9 Å². The predicted octanol–water partition coefficient (Wildman–Crippen LogP) is 5.20. The number of fused-ring (bicyclic) bond motifs is 1. The minimum atomic E-state index is -0.871. The molecule has 0 aliphatic carbocycles. The molecule has 38 heavy (non-hydrogen) atoms. The summed E-state index contributed by atoms with van der Waals surface area (Å²) in [4.78, 5) is 35.0. The van der Waals surface area contributed by atoms with E-state index in [4.69, 9.17) is 19.7 Å². The lowest BCUT2D eigenvalue weighted by Crippen LogP contribution is -2.24. The smallest absolute Gasteiger partial charge is 0.303 e. The van der Waals surface area contributed by atoms with E-state index in [0.29, 0.717) is 48.1 Å². The summed E-state index contributed by atoms with van der Waals surface area (Å²) in [6.45, 7) is 0. The van der Waals surface area contributed by atoms with Crippen LogP contribution in [0.4, 0.5) is 4.39 Å². The SMILES string of the molecule is COc1cccc(C2CC(c3ccc4c(=O)n(-c5ccc(F)cc5)c(CCCCC(=O)O)nc4c3)=NO2)c1. The Morgan fingerprint density at radius 2 is 1.95 bits per heavy atom. The van der Waals surface area contributed by atoms with Crippen LogP contribution in [0.5, 0.6) is 5.75 Å². The number of carboxylic acid groups (broad SMARTS) is 1. The summed E-state index contributed by atoms with van der Waals surface area (Å²) in [6.07, 6.45) is 1.71. The Bertz CT molecular complexity index is 1580. The first-order valence-corrected chi connectivity index (χ1v) is 12.3. The van der Waals surface area contributed by atoms with Crippen molar-refractivity contribution in [2.75, 3.05) is 7.11 Å². The molecule has 0 saturated carbocycles. The molecule has 194 valence electrons. The number of methoxy groups -OCH3 is 1. The Balaban J connectivity index is 1.48. The van der Waals surface area contributed by atoms with Gasteiger partial charge in [0, 0.05) is 24.8 Å². The van der Waals surface area contributed by atoms with Gasteiger partial charge in [0.05, 0.1) is 29.4 Å². The number of unbranched alkanes of at least 4 members (excludes halogenated alkanes) is 1. The van der Waals surface area contributed by atoms with E-state index in [1.54, 1.807) is 13.2 Å². The van der Waals surface area contributed by atoms with Crippen molar-refractivity contribution in [3.63, 3.8) is 0 Å². The molecule has 9 heteroatoms. The van der Waals surface area contributed by atoms with Gasteiger partial charge in [-0.2, -0.15) is 0 Å². The predicted molar refractivity (Wildman–Crippen MR) is 140 cm³/mol. The second kappa shape index (κ2) is 10.8. The van der Waals surface area contributed by atoms with Crippen molar-refractivity contribution in [2.24, 2.45) is 5.16 Å². The zero-order valence-corrected chi connectivity index (χ0v) is 20.8. The van der Waals surface area contributed by atoms with Gasteiger partial charge in [0.1, 0.15) is 17.4 Å². The summed E-state index contributed by atoms with van der Waals surface area (Å²) in [6, 6.07) is 18.7. The standard InChI is InChI=1S/C29H26FN3O5/c1-37-22-6-4-5-19(15-22)26-17-24(32-38-26)18-9-14-23-25(16-18)31-27(7-2-3-8-28(34)35)33(29(23)36)21-12-10-20(30)11-13-21/h4-6,9-16,26H,2-3,7-8,17H2,1H3,(H,34,35). The summed E-state index contributed by atoms with van der Waals surface area (Å²) < 4.78 is 20.3. The van der Waals surface area contributed by atoms with E-state index >= 15 is 0 Å². The molecule has 1 N–H and O–H groups in total. The number of oxime groups is 1. The van der Waals surface area contributed by atoms with Gasteiger partial charge >= 0.3 is 5.97 Å². The van der Waals surface area contributed by atoms with Crippen molar-refractivity contribution in [1.29, 1.82) is 0 Å². The third-order valence-corrected chi connectivity index (χ3v) is 6.53. The molecule has 2 heterocycles. The molecule has 0 bridgehead atoms. The van der Waals surface area contributed by atoms with E-state index in [-0.39, 0.29) is 18.1 Å². The first-order chi connectivity index (χ1) is 18.4. The van der Waals surface area contributed by atoms with Gasteiger partial charge in [0.2, 0.25) is 0 Å². The Morgan fingerprint density at radius 1 is 1.13 bits per heavy atom. The number of aromatic nitrogens is 2. The van der Waals surface area contributed by atoms with Crippen molar-refractivity contribution >= 4 is 22.6 Å². The number of carboxylic acids is 1. The van der Waals surface area contributed by atoms with Gasteiger partial charge in [-0.3, -0.25) is 14.2 Å². The largest absolute Gasteiger partial charge is 0.497 e. The molecule has 1 aliphatic heterocycles. The quantitative estimate of drug-likeness (QED) is 0.308. The summed E-state index contributed by atoms with van der Waals surface area (Å²) in [5.74, 6) is -0.0582. The lowest BCUT2D eigenvalue weighted by molar-refractivity contribution is -0.137. The second-order valence-corrected chi connectivity index (χ2v) is 9.09. The molecular weight excluding hydrogens is 489 g/mol. The molecule has 0 saturated heterocycles. The summed E-state index contributed by atoms with van der Waals surface area (Å²) >= 11 is 0. The van der Waals surface area contributed by atoms with Crippen LogP contribution >= 0.6 is 0 Å². The van der Waals surface area contributed by atoms with E-state index in [1.165, 1.54) is 28.8 Å². The van der Waals surface area contributed by atoms with Crippen molar-refractivity contribution in [3.8, 4) is 11.4 Å². The van der Waals surface area contributed by atoms with Gasteiger partial charge in [-0.25, -0.2) is 9.37 Å². The lowest BCUT2D eigenvalue weighted by atomic mass is 9.99. The van der Waals surface area contributed by atoms with Crippen molar-refractivity contribution in [2.45, 2.75) is 38.2 Å². The maximum absolute atomic E-state index is 13.6. The topological polar surface area (TPSA) is 103 Å². The van der Waals surface area contributed by atoms with Crippen LogP contribution < -0.4 is 10.3 Å². The third kappa shape index (κ3) is 5.27. The highest BCUT2D eigenvalue weighted by atomic mass is 19.1. The van der Waals surface area contributed by atoms with Crippen LogP contribution in [0, 0.1) is 5.82 Å².